The van der Waals surface area contributed by atoms with E-state index in [2.05, 4.69) is 0 Å². The van der Waals surface area contributed by atoms with E-state index in [9.17, 15) is 9.59 Å². The van der Waals surface area contributed by atoms with E-state index < -0.39 is 6.09 Å². The van der Waals surface area contributed by atoms with Gasteiger partial charge in [0.15, 0.2) is 0 Å². The standard InChI is InChI=1S/C14H17NO3/c1-10(2)8-13(16)15-12(9-18-14(15)17)11-6-4-3-5-7-11/h3-7,10,12H,8-9H2,1-2H3. The Kier molecular flexibility index (Phi) is 3.65. The molecule has 18 heavy (non-hydrogen) atoms. The number of ether oxygens (including phenoxy) is 1. The topological polar surface area (TPSA) is 46.6 Å². The lowest BCUT2D eigenvalue weighted by Crippen LogP contribution is -2.34. The number of amides is 2. The molecule has 96 valence electrons. The molecule has 0 aromatic heterocycles. The lowest BCUT2D eigenvalue weighted by molar-refractivity contribution is -0.130. The zero-order valence-electron chi connectivity index (χ0n) is 10.6. The largest absolute Gasteiger partial charge is 0.446 e. The number of nitrogens with zero attached hydrogens (tertiary/aromatic N) is 1. The summed E-state index contributed by atoms with van der Waals surface area (Å²) in [6.45, 7) is 4.15. The molecule has 1 fully saturated rings. The van der Waals surface area contributed by atoms with Crippen molar-refractivity contribution in [3.63, 3.8) is 0 Å². The third kappa shape index (κ3) is 2.53. The number of carbonyl (C=O) groups is 2. The molecule has 1 atom stereocenters. The molecule has 0 N–H and O–H groups in total. The monoisotopic (exact) mass is 247 g/mol. The van der Waals surface area contributed by atoms with Crippen LogP contribution in [0.5, 0.6) is 0 Å². The van der Waals surface area contributed by atoms with Gasteiger partial charge in [-0.05, 0) is 11.5 Å². The van der Waals surface area contributed by atoms with Crippen molar-refractivity contribution >= 4 is 12.0 Å². The van der Waals surface area contributed by atoms with Crippen LogP contribution in [0.4, 0.5) is 4.79 Å². The molecule has 2 amide bonds. The van der Waals surface area contributed by atoms with E-state index in [0.717, 1.165) is 5.56 Å². The average molecular weight is 247 g/mol. The number of imide groups is 1. The number of hydrogen-bond donors (Lipinski definition) is 0. The molecule has 1 heterocycles. The molecular formula is C14H17NO3. The minimum atomic E-state index is -0.533. The smallest absolute Gasteiger partial charge is 0.417 e. The van der Waals surface area contributed by atoms with Crippen molar-refractivity contribution in [2.45, 2.75) is 26.3 Å². The molecule has 1 unspecified atom stereocenters. The van der Waals surface area contributed by atoms with Gasteiger partial charge in [-0.3, -0.25) is 4.79 Å². The minimum absolute atomic E-state index is 0.165. The number of benzene rings is 1. The zero-order chi connectivity index (χ0) is 13.1. The average Bonchev–Trinajstić information content (AvgIpc) is 2.71. The Labute approximate surface area is 107 Å². The number of hydrogen-bond acceptors (Lipinski definition) is 3. The molecule has 4 nitrogen and oxygen atoms in total. The summed E-state index contributed by atoms with van der Waals surface area (Å²) in [5.41, 5.74) is 0.931. The van der Waals surface area contributed by atoms with Gasteiger partial charge in [-0.1, -0.05) is 44.2 Å². The van der Waals surface area contributed by atoms with Crippen LogP contribution in [0.2, 0.25) is 0 Å². The third-order valence-electron chi connectivity index (χ3n) is 2.91. The van der Waals surface area contributed by atoms with Crippen molar-refractivity contribution in [2.24, 2.45) is 5.92 Å². The Bertz CT molecular complexity index is 442. The van der Waals surface area contributed by atoms with E-state index in [0.29, 0.717) is 6.42 Å². The summed E-state index contributed by atoms with van der Waals surface area (Å²) in [5, 5.41) is 0. The maximum Gasteiger partial charge on any atom is 0.417 e. The van der Waals surface area contributed by atoms with E-state index in [1.807, 2.05) is 44.2 Å². The van der Waals surface area contributed by atoms with Crippen molar-refractivity contribution < 1.29 is 14.3 Å². The Morgan fingerprint density at radius 3 is 2.67 bits per heavy atom. The third-order valence-corrected chi connectivity index (χ3v) is 2.91. The van der Waals surface area contributed by atoms with Crippen molar-refractivity contribution in [1.29, 1.82) is 0 Å². The summed E-state index contributed by atoms with van der Waals surface area (Å²) >= 11 is 0. The van der Waals surface area contributed by atoms with Crippen LogP contribution in [0.25, 0.3) is 0 Å². The lowest BCUT2D eigenvalue weighted by Gasteiger charge is -2.20. The second-order valence-electron chi connectivity index (χ2n) is 4.87. The van der Waals surface area contributed by atoms with Crippen LogP contribution in [0.15, 0.2) is 30.3 Å². The minimum Gasteiger partial charge on any atom is -0.446 e. The molecule has 0 bridgehead atoms. The molecule has 1 saturated heterocycles. The predicted octanol–water partition coefficient (Wildman–Crippen LogP) is 2.75. The van der Waals surface area contributed by atoms with Gasteiger partial charge in [-0.25, -0.2) is 9.69 Å². The highest BCUT2D eigenvalue weighted by atomic mass is 16.6. The van der Waals surface area contributed by atoms with Crippen LogP contribution in [0, 0.1) is 5.92 Å². The number of cyclic esters (lactones) is 1. The molecule has 0 spiro atoms. The van der Waals surface area contributed by atoms with Crippen molar-refractivity contribution in [3.05, 3.63) is 35.9 Å². The van der Waals surface area contributed by atoms with Crippen LogP contribution in [0.3, 0.4) is 0 Å². The molecular weight excluding hydrogens is 230 g/mol. The van der Waals surface area contributed by atoms with Gasteiger partial charge in [0.25, 0.3) is 0 Å². The quantitative estimate of drug-likeness (QED) is 0.825. The normalized spacial score (nSPS) is 19.2. The molecule has 0 radical (unpaired) electrons. The molecule has 4 heteroatoms. The fourth-order valence-corrected chi connectivity index (χ4v) is 2.07. The van der Waals surface area contributed by atoms with Gasteiger partial charge in [0.05, 0.1) is 0 Å². The van der Waals surface area contributed by atoms with E-state index >= 15 is 0 Å². The van der Waals surface area contributed by atoms with Crippen molar-refractivity contribution in [2.75, 3.05) is 6.61 Å². The summed E-state index contributed by atoms with van der Waals surface area (Å²) in [5.74, 6) is 0.0590. The molecule has 1 aromatic carbocycles. The Morgan fingerprint density at radius 1 is 1.39 bits per heavy atom. The predicted molar refractivity (Wildman–Crippen MR) is 66.8 cm³/mol. The molecule has 0 saturated carbocycles. The summed E-state index contributed by atoms with van der Waals surface area (Å²) in [4.78, 5) is 25.0. The molecule has 1 aliphatic heterocycles. The van der Waals surface area contributed by atoms with Crippen LogP contribution < -0.4 is 0 Å². The maximum atomic E-state index is 12.1. The molecule has 0 aliphatic carbocycles. The summed E-state index contributed by atoms with van der Waals surface area (Å²) in [6.07, 6.45) is -0.173. The zero-order valence-corrected chi connectivity index (χ0v) is 10.6. The van der Waals surface area contributed by atoms with E-state index in [1.54, 1.807) is 0 Å². The van der Waals surface area contributed by atoms with Crippen LogP contribution in [0.1, 0.15) is 31.9 Å². The molecule has 1 aromatic rings. The van der Waals surface area contributed by atoms with Gasteiger partial charge in [-0.15, -0.1) is 0 Å². The first-order chi connectivity index (χ1) is 8.59. The van der Waals surface area contributed by atoms with Gasteiger partial charge >= 0.3 is 6.09 Å². The number of rotatable bonds is 3. The van der Waals surface area contributed by atoms with Crippen LogP contribution in [-0.4, -0.2) is 23.5 Å². The van der Waals surface area contributed by atoms with E-state index in [1.165, 1.54) is 4.90 Å². The van der Waals surface area contributed by atoms with Crippen LogP contribution in [-0.2, 0) is 9.53 Å². The summed E-state index contributed by atoms with van der Waals surface area (Å²) in [6, 6.07) is 9.21. The Balaban J connectivity index is 2.20. The van der Waals surface area contributed by atoms with Crippen molar-refractivity contribution in [1.82, 2.24) is 4.90 Å². The lowest BCUT2D eigenvalue weighted by atomic mass is 10.1. The second kappa shape index (κ2) is 5.21. The Hall–Kier alpha value is -1.84. The molecule has 1 aliphatic rings. The van der Waals surface area contributed by atoms with E-state index in [-0.39, 0.29) is 24.5 Å². The second-order valence-corrected chi connectivity index (χ2v) is 4.87. The first-order valence-electron chi connectivity index (χ1n) is 6.13. The Morgan fingerprint density at radius 2 is 2.06 bits per heavy atom. The first kappa shape index (κ1) is 12.6. The highest BCUT2D eigenvalue weighted by Crippen LogP contribution is 2.28. The van der Waals surface area contributed by atoms with Crippen LogP contribution >= 0.6 is 0 Å². The summed E-state index contributed by atoms with van der Waals surface area (Å²) < 4.78 is 5.00. The molecule has 2 rings (SSSR count). The van der Waals surface area contributed by atoms with Crippen molar-refractivity contribution in [3.8, 4) is 0 Å². The van der Waals surface area contributed by atoms with Gasteiger partial charge < -0.3 is 4.74 Å². The first-order valence-corrected chi connectivity index (χ1v) is 6.13. The number of carbonyl (C=O) groups excluding carboxylic acids is 2. The van der Waals surface area contributed by atoms with Gasteiger partial charge in [-0.2, -0.15) is 0 Å². The highest BCUT2D eigenvalue weighted by Gasteiger charge is 2.38. The fourth-order valence-electron chi connectivity index (χ4n) is 2.07. The maximum absolute atomic E-state index is 12.1. The SMILES string of the molecule is CC(C)CC(=O)N1C(=O)OCC1c1ccccc1. The van der Waals surface area contributed by atoms with Gasteiger partial charge in [0.1, 0.15) is 12.6 Å². The highest BCUT2D eigenvalue weighted by molar-refractivity contribution is 5.93. The van der Waals surface area contributed by atoms with Gasteiger partial charge in [0, 0.05) is 6.42 Å². The van der Waals surface area contributed by atoms with E-state index in [4.69, 9.17) is 4.74 Å². The fraction of sp³-hybridized carbons (Fsp3) is 0.429. The summed E-state index contributed by atoms with van der Waals surface area (Å²) in [7, 11) is 0. The van der Waals surface area contributed by atoms with Gasteiger partial charge in [0.2, 0.25) is 5.91 Å².